The van der Waals surface area contributed by atoms with Gasteiger partial charge in [0.05, 0.1) is 0 Å². The molecule has 0 radical (unpaired) electrons. The SMILES string of the molecule is CN1C(=CC(=O)COc2cccc3ccccc23)C(C)(C)c2ccccc21. The normalized spacial score (nSPS) is 16.6. The predicted molar refractivity (Wildman–Crippen MR) is 110 cm³/mol. The summed E-state index contributed by atoms with van der Waals surface area (Å²) >= 11 is 0. The lowest BCUT2D eigenvalue weighted by Crippen LogP contribution is -2.25. The number of rotatable bonds is 4. The van der Waals surface area contributed by atoms with E-state index in [9.17, 15) is 4.79 Å². The number of ether oxygens (including phenoxy) is 1. The van der Waals surface area contributed by atoms with Crippen LogP contribution in [0.1, 0.15) is 19.4 Å². The fraction of sp³-hybridized carbons (Fsp3) is 0.208. The van der Waals surface area contributed by atoms with Gasteiger partial charge in [0.15, 0.2) is 12.4 Å². The molecule has 3 aromatic carbocycles. The number of hydrogen-bond acceptors (Lipinski definition) is 3. The molecular formula is C24H23NO2. The van der Waals surface area contributed by atoms with E-state index in [0.29, 0.717) is 0 Å². The summed E-state index contributed by atoms with van der Waals surface area (Å²) < 4.78 is 5.86. The summed E-state index contributed by atoms with van der Waals surface area (Å²) in [5, 5.41) is 2.12. The lowest BCUT2D eigenvalue weighted by atomic mass is 9.83. The Morgan fingerprint density at radius 1 is 1.00 bits per heavy atom. The van der Waals surface area contributed by atoms with Crippen molar-refractivity contribution in [1.29, 1.82) is 0 Å². The van der Waals surface area contributed by atoms with Gasteiger partial charge in [-0.05, 0) is 23.1 Å². The highest BCUT2D eigenvalue weighted by Gasteiger charge is 2.38. The average Bonchev–Trinajstić information content (AvgIpc) is 2.87. The fourth-order valence-electron chi connectivity index (χ4n) is 3.92. The number of para-hydroxylation sites is 1. The molecule has 136 valence electrons. The number of carbonyl (C=O) groups is 1. The summed E-state index contributed by atoms with van der Waals surface area (Å²) in [4.78, 5) is 14.8. The van der Waals surface area contributed by atoms with E-state index in [4.69, 9.17) is 4.74 Å². The summed E-state index contributed by atoms with van der Waals surface area (Å²) in [5.74, 6) is 0.702. The Hall–Kier alpha value is -3.07. The van der Waals surface area contributed by atoms with Crippen molar-refractivity contribution in [3.8, 4) is 5.75 Å². The minimum atomic E-state index is -0.208. The third-order valence-corrected chi connectivity index (χ3v) is 5.36. The van der Waals surface area contributed by atoms with E-state index in [1.807, 2.05) is 61.6 Å². The van der Waals surface area contributed by atoms with Crippen molar-refractivity contribution < 1.29 is 9.53 Å². The second-order valence-electron chi connectivity index (χ2n) is 7.46. The number of nitrogens with zero attached hydrogens (tertiary/aromatic N) is 1. The van der Waals surface area contributed by atoms with Gasteiger partial charge in [-0.1, -0.05) is 68.4 Å². The molecule has 0 atom stereocenters. The minimum Gasteiger partial charge on any atom is -0.485 e. The monoisotopic (exact) mass is 357 g/mol. The number of hydrogen-bond donors (Lipinski definition) is 0. The molecular weight excluding hydrogens is 334 g/mol. The Morgan fingerprint density at radius 2 is 1.70 bits per heavy atom. The fourth-order valence-corrected chi connectivity index (χ4v) is 3.92. The molecule has 0 spiro atoms. The molecule has 1 aliphatic rings. The molecule has 27 heavy (non-hydrogen) atoms. The highest BCUT2D eigenvalue weighted by atomic mass is 16.5. The van der Waals surface area contributed by atoms with Crippen LogP contribution in [-0.4, -0.2) is 19.4 Å². The molecule has 0 aliphatic carbocycles. The summed E-state index contributed by atoms with van der Waals surface area (Å²) in [5.41, 5.74) is 3.17. The maximum atomic E-state index is 12.7. The summed E-state index contributed by atoms with van der Waals surface area (Å²) in [7, 11) is 2.01. The number of ketones is 1. The van der Waals surface area contributed by atoms with Crippen LogP contribution >= 0.6 is 0 Å². The molecule has 3 aromatic rings. The van der Waals surface area contributed by atoms with Gasteiger partial charge in [0.1, 0.15) is 5.75 Å². The van der Waals surface area contributed by atoms with Crippen LogP contribution in [0.3, 0.4) is 0 Å². The first-order valence-corrected chi connectivity index (χ1v) is 9.17. The van der Waals surface area contributed by atoms with Crippen LogP contribution in [0.25, 0.3) is 10.8 Å². The van der Waals surface area contributed by atoms with Gasteiger partial charge >= 0.3 is 0 Å². The van der Waals surface area contributed by atoms with E-state index in [1.54, 1.807) is 6.08 Å². The van der Waals surface area contributed by atoms with Crippen molar-refractivity contribution in [2.24, 2.45) is 0 Å². The molecule has 0 saturated heterocycles. The summed E-state index contributed by atoms with van der Waals surface area (Å²) in [6, 6.07) is 22.2. The first kappa shape index (κ1) is 17.3. The second-order valence-corrected chi connectivity index (χ2v) is 7.46. The van der Waals surface area contributed by atoms with Crippen LogP contribution in [-0.2, 0) is 10.2 Å². The van der Waals surface area contributed by atoms with Crippen molar-refractivity contribution in [2.75, 3.05) is 18.6 Å². The first-order valence-electron chi connectivity index (χ1n) is 9.17. The van der Waals surface area contributed by atoms with Crippen LogP contribution in [0.15, 0.2) is 78.5 Å². The first-order chi connectivity index (χ1) is 13.0. The van der Waals surface area contributed by atoms with Crippen molar-refractivity contribution in [1.82, 2.24) is 0 Å². The van der Waals surface area contributed by atoms with Crippen molar-refractivity contribution in [3.63, 3.8) is 0 Å². The van der Waals surface area contributed by atoms with Crippen LogP contribution in [0.4, 0.5) is 5.69 Å². The highest BCUT2D eigenvalue weighted by molar-refractivity contribution is 5.94. The molecule has 3 nitrogen and oxygen atoms in total. The van der Waals surface area contributed by atoms with Crippen LogP contribution in [0.5, 0.6) is 5.75 Å². The van der Waals surface area contributed by atoms with Gasteiger partial charge in [-0.25, -0.2) is 0 Å². The zero-order valence-electron chi connectivity index (χ0n) is 15.9. The highest BCUT2D eigenvalue weighted by Crippen LogP contribution is 2.46. The lowest BCUT2D eigenvalue weighted by Gasteiger charge is -2.24. The van der Waals surface area contributed by atoms with Crippen molar-refractivity contribution in [2.45, 2.75) is 19.3 Å². The van der Waals surface area contributed by atoms with Gasteiger partial charge in [-0.2, -0.15) is 0 Å². The third-order valence-electron chi connectivity index (χ3n) is 5.36. The Balaban J connectivity index is 1.56. The number of likely N-dealkylation sites (N-methyl/N-ethyl adjacent to an activating group) is 1. The third kappa shape index (κ3) is 2.99. The van der Waals surface area contributed by atoms with Crippen LogP contribution in [0.2, 0.25) is 0 Å². The largest absolute Gasteiger partial charge is 0.485 e. The number of allylic oxidation sites excluding steroid dienone is 1. The van der Waals surface area contributed by atoms with Crippen molar-refractivity contribution in [3.05, 3.63) is 84.1 Å². The molecule has 0 aromatic heterocycles. The van der Waals surface area contributed by atoms with Crippen molar-refractivity contribution >= 4 is 22.2 Å². The quantitative estimate of drug-likeness (QED) is 0.609. The number of fused-ring (bicyclic) bond motifs is 2. The molecule has 0 fully saturated rings. The van der Waals surface area contributed by atoms with Gasteiger partial charge < -0.3 is 9.64 Å². The zero-order valence-corrected chi connectivity index (χ0v) is 15.9. The Labute approximate surface area is 159 Å². The summed E-state index contributed by atoms with van der Waals surface area (Å²) in [6.07, 6.45) is 1.73. The zero-order chi connectivity index (χ0) is 19.0. The van der Waals surface area contributed by atoms with Gasteiger partial charge in [0.2, 0.25) is 0 Å². The molecule has 0 N–H and O–H groups in total. The molecule has 4 rings (SSSR count). The van der Waals surface area contributed by atoms with Gasteiger partial charge in [0, 0.05) is 35.3 Å². The molecule has 0 bridgehead atoms. The van der Waals surface area contributed by atoms with E-state index >= 15 is 0 Å². The van der Waals surface area contributed by atoms with Gasteiger partial charge in [0.25, 0.3) is 0 Å². The molecule has 3 heteroatoms. The van der Waals surface area contributed by atoms with Crippen LogP contribution < -0.4 is 9.64 Å². The van der Waals surface area contributed by atoms with E-state index in [0.717, 1.165) is 27.9 Å². The van der Waals surface area contributed by atoms with Gasteiger partial charge in [-0.15, -0.1) is 0 Å². The molecule has 0 saturated carbocycles. The van der Waals surface area contributed by atoms with Crippen LogP contribution in [0, 0.1) is 0 Å². The minimum absolute atomic E-state index is 0.0256. The molecule has 1 aliphatic heterocycles. The van der Waals surface area contributed by atoms with E-state index < -0.39 is 0 Å². The maximum Gasteiger partial charge on any atom is 0.194 e. The predicted octanol–water partition coefficient (Wildman–Crippen LogP) is 5.10. The average molecular weight is 357 g/mol. The Kier molecular flexibility index (Phi) is 4.23. The topological polar surface area (TPSA) is 29.5 Å². The standard InChI is InChI=1S/C24H23NO2/c1-24(2)20-12-6-7-13-21(20)25(3)23(24)15-18(26)16-27-22-14-8-10-17-9-4-5-11-19(17)22/h4-15H,16H2,1-3H3. The summed E-state index contributed by atoms with van der Waals surface area (Å²) in [6.45, 7) is 4.33. The number of benzene rings is 3. The van der Waals surface area contributed by atoms with E-state index in [-0.39, 0.29) is 17.8 Å². The Morgan fingerprint density at radius 3 is 2.52 bits per heavy atom. The number of anilines is 1. The smallest absolute Gasteiger partial charge is 0.194 e. The number of carbonyl (C=O) groups excluding carboxylic acids is 1. The molecule has 0 amide bonds. The molecule has 1 heterocycles. The lowest BCUT2D eigenvalue weighted by molar-refractivity contribution is -0.116. The van der Waals surface area contributed by atoms with E-state index in [2.05, 4.69) is 30.9 Å². The second kappa shape index (κ2) is 6.58. The van der Waals surface area contributed by atoms with Gasteiger partial charge in [-0.3, -0.25) is 4.79 Å². The Bertz CT molecular complexity index is 1040. The van der Waals surface area contributed by atoms with E-state index in [1.165, 1.54) is 5.56 Å². The molecule has 0 unspecified atom stereocenters. The maximum absolute atomic E-state index is 12.7.